The third kappa shape index (κ3) is 7.67. The molecule has 1 aliphatic rings. The van der Waals surface area contributed by atoms with Crippen molar-refractivity contribution in [2.75, 3.05) is 13.2 Å². The zero-order valence-corrected chi connectivity index (χ0v) is 23.4. The number of thiazole rings is 2. The second kappa shape index (κ2) is 14.2. The Hall–Kier alpha value is -2.22. The predicted molar refractivity (Wildman–Crippen MR) is 147 cm³/mol. The largest absolute Gasteiger partial charge is 0.394 e. The van der Waals surface area contributed by atoms with Crippen LogP contribution in [0.15, 0.2) is 37.6 Å². The van der Waals surface area contributed by atoms with Crippen molar-refractivity contribution < 1.29 is 14.9 Å². The van der Waals surface area contributed by atoms with Crippen molar-refractivity contribution in [2.45, 2.75) is 89.9 Å². The average molecular weight is 564 g/mol. The quantitative estimate of drug-likeness (QED) is 0.271. The van der Waals surface area contributed by atoms with Crippen LogP contribution in [-0.2, 0) is 24.4 Å². The Bertz CT molecular complexity index is 1190. The summed E-state index contributed by atoms with van der Waals surface area (Å²) < 4.78 is 8.28. The Morgan fingerprint density at radius 2 is 1.66 bits per heavy atom. The van der Waals surface area contributed by atoms with Crippen LogP contribution in [0, 0.1) is 6.92 Å². The van der Waals surface area contributed by atoms with Gasteiger partial charge in [0.25, 0.3) is 5.56 Å². The number of rotatable bonds is 15. The molecule has 0 bridgehead atoms. The van der Waals surface area contributed by atoms with Gasteiger partial charge in [0.15, 0.2) is 0 Å². The van der Waals surface area contributed by atoms with Gasteiger partial charge in [0.2, 0.25) is 0 Å². The van der Waals surface area contributed by atoms with Crippen LogP contribution in [-0.4, -0.2) is 59.6 Å². The van der Waals surface area contributed by atoms with E-state index in [1.807, 2.05) is 11.0 Å². The summed E-state index contributed by atoms with van der Waals surface area (Å²) in [7, 11) is 0. The van der Waals surface area contributed by atoms with E-state index in [1.165, 1.54) is 15.3 Å². The molecule has 2 N–H and O–H groups in total. The molecule has 0 saturated carbocycles. The summed E-state index contributed by atoms with van der Waals surface area (Å²) in [6.45, 7) is 4.36. The molecule has 4 rings (SSSR count). The first-order valence-electron chi connectivity index (χ1n) is 13.2. The highest BCUT2D eigenvalue weighted by molar-refractivity contribution is 7.07. The first-order valence-corrected chi connectivity index (χ1v) is 15.1. The molecule has 1 aliphatic heterocycles. The molecular weight excluding hydrogens is 526 g/mol. The van der Waals surface area contributed by atoms with Gasteiger partial charge in [0, 0.05) is 48.6 Å². The highest BCUT2D eigenvalue weighted by Crippen LogP contribution is 2.27. The monoisotopic (exact) mass is 563 g/mol. The second-order valence-corrected chi connectivity index (χ2v) is 11.3. The van der Waals surface area contributed by atoms with E-state index < -0.39 is 24.1 Å². The Morgan fingerprint density at radius 3 is 2.24 bits per heavy atom. The molecule has 4 heterocycles. The lowest BCUT2D eigenvalue weighted by Gasteiger charge is -2.20. The molecule has 0 amide bonds. The topological polar surface area (TPSA) is 123 Å². The molecule has 0 radical (unpaired) electrons. The summed E-state index contributed by atoms with van der Waals surface area (Å²) in [5.74, 6) is 0. The molecule has 3 atom stereocenters. The van der Waals surface area contributed by atoms with Gasteiger partial charge in [-0.25, -0.2) is 14.8 Å². The molecule has 208 valence electrons. The number of unbranched alkanes of at least 4 members (excludes halogenated alkanes) is 5. The van der Waals surface area contributed by atoms with Crippen LogP contribution >= 0.6 is 22.7 Å². The van der Waals surface area contributed by atoms with Crippen LogP contribution in [0.2, 0.25) is 0 Å². The number of aliphatic hydroxyl groups is 2. The molecule has 1 saturated heterocycles. The Balaban J connectivity index is 1.20. The van der Waals surface area contributed by atoms with Crippen LogP contribution in [0.4, 0.5) is 0 Å². The first-order chi connectivity index (χ1) is 18.5. The van der Waals surface area contributed by atoms with Gasteiger partial charge in [-0.05, 0) is 26.3 Å². The van der Waals surface area contributed by atoms with Gasteiger partial charge in [-0.2, -0.15) is 0 Å². The predicted octanol–water partition coefficient (Wildman–Crippen LogP) is 2.92. The minimum absolute atomic E-state index is 0.202. The van der Waals surface area contributed by atoms with E-state index in [1.54, 1.807) is 29.6 Å². The number of aliphatic hydroxyl groups excluding tert-OH is 2. The van der Waals surface area contributed by atoms with Crippen LogP contribution in [0.1, 0.15) is 68.1 Å². The summed E-state index contributed by atoms with van der Waals surface area (Å²) in [4.78, 5) is 36.9. The summed E-state index contributed by atoms with van der Waals surface area (Å²) in [5.41, 5.74) is 5.67. The minimum Gasteiger partial charge on any atom is -0.394 e. The number of nitrogens with zero attached hydrogens (tertiary/aromatic N) is 5. The lowest BCUT2D eigenvalue weighted by atomic mass is 10.1. The van der Waals surface area contributed by atoms with Crippen LogP contribution in [0.3, 0.4) is 0 Å². The van der Waals surface area contributed by atoms with Crippen LogP contribution < -0.4 is 11.2 Å². The zero-order chi connectivity index (χ0) is 26.9. The molecule has 0 spiro atoms. The maximum absolute atomic E-state index is 13.0. The Labute approximate surface area is 230 Å². The van der Waals surface area contributed by atoms with E-state index in [9.17, 15) is 19.8 Å². The number of aryl methyl sites for hydroxylation is 1. The Kier molecular flexibility index (Phi) is 10.8. The highest BCUT2D eigenvalue weighted by atomic mass is 32.1. The summed E-state index contributed by atoms with van der Waals surface area (Å²) >= 11 is 3.24. The van der Waals surface area contributed by atoms with Gasteiger partial charge >= 0.3 is 5.69 Å². The van der Waals surface area contributed by atoms with Crippen molar-refractivity contribution in [1.82, 2.24) is 24.0 Å². The van der Waals surface area contributed by atoms with Crippen molar-refractivity contribution in [1.29, 1.82) is 0 Å². The summed E-state index contributed by atoms with van der Waals surface area (Å²) in [5, 5.41) is 23.6. The lowest BCUT2D eigenvalue weighted by molar-refractivity contribution is -0.0464. The van der Waals surface area contributed by atoms with Crippen LogP contribution in [0.5, 0.6) is 0 Å². The second-order valence-electron chi connectivity index (χ2n) is 9.87. The standard InChI is InChI=1S/C26H37N5O5S2/c1-19-11-31(24-10-22(33)23(14-32)36-24)26(35)30(25(19)34)9-7-5-3-2-4-6-8-29(12-20-15-37-17-27-20)13-21-16-38-18-28-21/h11,15-18,22-24,32-33H,2-10,12-14H2,1H3/t22-,23+,24+/m0/s1. The normalized spacial score (nSPS) is 19.5. The van der Waals surface area contributed by atoms with Gasteiger partial charge in [-0.3, -0.25) is 18.8 Å². The van der Waals surface area contributed by atoms with E-state index in [0.29, 0.717) is 12.1 Å². The van der Waals surface area contributed by atoms with Gasteiger partial charge in [-0.1, -0.05) is 25.7 Å². The average Bonchev–Trinajstić information content (AvgIpc) is 3.68. The molecule has 3 aromatic rings. The fourth-order valence-electron chi connectivity index (χ4n) is 4.83. The van der Waals surface area contributed by atoms with Crippen LogP contribution in [0.25, 0.3) is 0 Å². The maximum atomic E-state index is 13.0. The summed E-state index contributed by atoms with van der Waals surface area (Å²) in [6, 6.07) is 0. The summed E-state index contributed by atoms with van der Waals surface area (Å²) in [6.07, 6.45) is 5.48. The molecular formula is C26H37N5O5S2. The highest BCUT2D eigenvalue weighted by Gasteiger charge is 2.35. The van der Waals surface area contributed by atoms with Gasteiger partial charge in [-0.15, -0.1) is 22.7 Å². The van der Waals surface area contributed by atoms with Crippen molar-refractivity contribution in [3.05, 3.63) is 65.8 Å². The van der Waals surface area contributed by atoms with Gasteiger partial charge < -0.3 is 14.9 Å². The zero-order valence-electron chi connectivity index (χ0n) is 21.8. The van der Waals surface area contributed by atoms with Crippen molar-refractivity contribution in [2.24, 2.45) is 0 Å². The SMILES string of the molecule is Cc1cn([C@H]2C[C@H](O)[C@@H](CO)O2)c(=O)n(CCCCCCCCN(Cc2cscn2)Cc2cscn2)c1=O. The van der Waals surface area contributed by atoms with Crippen molar-refractivity contribution in [3.8, 4) is 0 Å². The Morgan fingerprint density at radius 1 is 1.03 bits per heavy atom. The van der Waals surface area contributed by atoms with E-state index in [2.05, 4.69) is 25.6 Å². The number of hydrogen-bond acceptors (Lipinski definition) is 10. The number of aromatic nitrogens is 4. The van der Waals surface area contributed by atoms with E-state index in [0.717, 1.165) is 69.5 Å². The fraction of sp³-hybridized carbons (Fsp3) is 0.615. The first kappa shape index (κ1) is 28.8. The molecule has 1 fully saturated rings. The molecule has 0 aliphatic carbocycles. The third-order valence-electron chi connectivity index (χ3n) is 6.91. The van der Waals surface area contributed by atoms with Crippen molar-refractivity contribution >= 4 is 22.7 Å². The minimum atomic E-state index is -0.843. The fourth-order valence-corrected chi connectivity index (χ4v) is 5.93. The maximum Gasteiger partial charge on any atom is 0.333 e. The molecule has 0 unspecified atom stereocenters. The number of ether oxygens (including phenoxy) is 1. The third-order valence-corrected chi connectivity index (χ3v) is 8.18. The lowest BCUT2D eigenvalue weighted by Crippen LogP contribution is -2.42. The van der Waals surface area contributed by atoms with E-state index in [4.69, 9.17) is 4.74 Å². The molecule has 3 aromatic heterocycles. The number of hydrogen-bond donors (Lipinski definition) is 2. The van der Waals surface area contributed by atoms with Crippen molar-refractivity contribution in [3.63, 3.8) is 0 Å². The van der Waals surface area contributed by atoms with E-state index >= 15 is 0 Å². The smallest absolute Gasteiger partial charge is 0.333 e. The van der Waals surface area contributed by atoms with E-state index in [-0.39, 0.29) is 18.6 Å². The van der Waals surface area contributed by atoms with Gasteiger partial charge in [0.05, 0.1) is 35.1 Å². The van der Waals surface area contributed by atoms with Gasteiger partial charge in [0.1, 0.15) is 12.3 Å². The molecule has 10 nitrogen and oxygen atoms in total. The molecule has 12 heteroatoms. The molecule has 38 heavy (non-hydrogen) atoms. The molecule has 0 aromatic carbocycles.